The molecule has 0 spiro atoms. The molecule has 2 aliphatic heterocycles. The molecule has 0 aliphatic carbocycles. The molecule has 2 aromatic rings. The number of rotatable bonds is 6. The number of piperidine rings is 1. The van der Waals surface area contributed by atoms with Crippen LogP contribution < -0.4 is 4.90 Å². The fraction of sp³-hybridized carbons (Fsp3) is 0.500. The van der Waals surface area contributed by atoms with Gasteiger partial charge in [-0.15, -0.1) is 0 Å². The van der Waals surface area contributed by atoms with Gasteiger partial charge < -0.3 is 4.90 Å². The third-order valence-corrected chi connectivity index (χ3v) is 7.81. The van der Waals surface area contributed by atoms with E-state index in [2.05, 4.69) is 45.1 Å². The van der Waals surface area contributed by atoms with Crippen molar-refractivity contribution in [3.05, 3.63) is 54.2 Å². The lowest BCUT2D eigenvalue weighted by Crippen LogP contribution is -2.47. The Kier molecular flexibility index (Phi) is 6.47. The van der Waals surface area contributed by atoms with Crippen molar-refractivity contribution in [1.29, 1.82) is 0 Å². The minimum atomic E-state index is -3.41. The summed E-state index contributed by atoms with van der Waals surface area (Å²) in [6, 6.07) is 14.2. The van der Waals surface area contributed by atoms with Gasteiger partial charge in [-0.25, -0.2) is 13.4 Å². The van der Waals surface area contributed by atoms with Crippen LogP contribution in [-0.4, -0.2) is 68.4 Å². The van der Waals surface area contributed by atoms with Gasteiger partial charge in [-0.3, -0.25) is 4.90 Å². The highest BCUT2D eigenvalue weighted by Gasteiger charge is 2.26. The molecule has 1 aromatic heterocycles. The molecule has 2 aliphatic rings. The average molecular weight is 415 g/mol. The number of aromatic nitrogens is 1. The summed E-state index contributed by atoms with van der Waals surface area (Å²) in [5.41, 5.74) is 1.38. The second-order valence-corrected chi connectivity index (χ2v) is 9.82. The van der Waals surface area contributed by atoms with Gasteiger partial charge in [-0.1, -0.05) is 36.8 Å². The van der Waals surface area contributed by atoms with Gasteiger partial charge in [-0.05, 0) is 37.0 Å². The number of pyridine rings is 1. The lowest BCUT2D eigenvalue weighted by Gasteiger charge is -2.35. The first-order chi connectivity index (χ1) is 14.1. The molecule has 2 saturated heterocycles. The molecule has 3 heterocycles. The van der Waals surface area contributed by atoms with Crippen LogP contribution in [0.4, 0.5) is 5.82 Å². The van der Waals surface area contributed by atoms with Gasteiger partial charge >= 0.3 is 0 Å². The Morgan fingerprint density at radius 2 is 1.55 bits per heavy atom. The maximum absolute atomic E-state index is 12.8. The van der Waals surface area contributed by atoms with Gasteiger partial charge in [-0.2, -0.15) is 4.31 Å². The lowest BCUT2D eigenvalue weighted by atomic mass is 10.1. The molecular formula is C22H30N4O2S. The third kappa shape index (κ3) is 4.97. The largest absolute Gasteiger partial charge is 0.354 e. The monoisotopic (exact) mass is 414 g/mol. The number of anilines is 1. The number of hydrogen-bond acceptors (Lipinski definition) is 5. The van der Waals surface area contributed by atoms with E-state index in [9.17, 15) is 8.42 Å². The first-order valence-electron chi connectivity index (χ1n) is 10.6. The van der Waals surface area contributed by atoms with Crippen LogP contribution in [0.25, 0.3) is 0 Å². The maximum Gasteiger partial charge on any atom is 0.244 e. The normalized spacial score (nSPS) is 19.4. The molecule has 1 aromatic carbocycles. The van der Waals surface area contributed by atoms with E-state index >= 15 is 0 Å². The zero-order valence-corrected chi connectivity index (χ0v) is 17.7. The van der Waals surface area contributed by atoms with Crippen molar-refractivity contribution in [3.63, 3.8) is 0 Å². The van der Waals surface area contributed by atoms with Crippen LogP contribution in [0.1, 0.15) is 24.8 Å². The fourth-order valence-electron chi connectivity index (χ4n) is 4.10. The second kappa shape index (κ2) is 9.24. The Morgan fingerprint density at radius 1 is 0.828 bits per heavy atom. The minimum absolute atomic E-state index is 0.310. The van der Waals surface area contributed by atoms with E-state index in [0.717, 1.165) is 64.2 Å². The van der Waals surface area contributed by atoms with E-state index < -0.39 is 10.0 Å². The van der Waals surface area contributed by atoms with Crippen LogP contribution in [0.15, 0.2) is 53.6 Å². The summed E-state index contributed by atoms with van der Waals surface area (Å²) in [5.74, 6) is 0.866. The van der Waals surface area contributed by atoms with Gasteiger partial charge in [0.2, 0.25) is 10.0 Å². The molecule has 29 heavy (non-hydrogen) atoms. The van der Waals surface area contributed by atoms with Crippen molar-refractivity contribution in [1.82, 2.24) is 14.2 Å². The van der Waals surface area contributed by atoms with E-state index in [1.807, 2.05) is 6.07 Å². The number of hydrogen-bond donors (Lipinski definition) is 0. The van der Waals surface area contributed by atoms with Crippen molar-refractivity contribution < 1.29 is 8.42 Å². The molecule has 156 valence electrons. The van der Waals surface area contributed by atoms with Gasteiger partial charge in [0.15, 0.2) is 0 Å². The molecular weight excluding hydrogens is 384 g/mol. The Balaban J connectivity index is 1.31. The second-order valence-electron chi connectivity index (χ2n) is 7.88. The number of sulfonamides is 1. The van der Waals surface area contributed by atoms with Crippen LogP contribution >= 0.6 is 0 Å². The number of benzene rings is 1. The van der Waals surface area contributed by atoms with Crippen molar-refractivity contribution in [2.24, 2.45) is 0 Å². The molecule has 4 rings (SSSR count). The van der Waals surface area contributed by atoms with E-state index in [0.29, 0.717) is 18.0 Å². The van der Waals surface area contributed by atoms with Gasteiger partial charge in [0.1, 0.15) is 10.7 Å². The van der Waals surface area contributed by atoms with E-state index in [1.165, 1.54) is 11.8 Å². The topological polar surface area (TPSA) is 56.8 Å². The van der Waals surface area contributed by atoms with Crippen LogP contribution in [0.3, 0.4) is 0 Å². The summed E-state index contributed by atoms with van der Waals surface area (Å²) in [4.78, 5) is 9.52. The summed E-state index contributed by atoms with van der Waals surface area (Å²) in [6.45, 7) is 6.15. The summed E-state index contributed by atoms with van der Waals surface area (Å²) in [7, 11) is -3.41. The predicted molar refractivity (Wildman–Crippen MR) is 116 cm³/mol. The molecule has 0 N–H and O–H groups in total. The molecule has 0 atom stereocenters. The molecule has 0 radical (unpaired) electrons. The number of piperazine rings is 1. The summed E-state index contributed by atoms with van der Waals surface area (Å²) in [5, 5.41) is 0. The highest BCUT2D eigenvalue weighted by Crippen LogP contribution is 2.22. The van der Waals surface area contributed by atoms with E-state index in [-0.39, 0.29) is 0 Å². The van der Waals surface area contributed by atoms with Crippen LogP contribution in [0, 0.1) is 0 Å². The predicted octanol–water partition coefficient (Wildman–Crippen LogP) is 2.62. The highest BCUT2D eigenvalue weighted by atomic mass is 32.2. The zero-order chi connectivity index (χ0) is 20.1. The third-order valence-electron chi connectivity index (χ3n) is 5.93. The molecule has 0 unspecified atom stereocenters. The quantitative estimate of drug-likeness (QED) is 0.727. The summed E-state index contributed by atoms with van der Waals surface area (Å²) >= 11 is 0. The van der Waals surface area contributed by atoms with E-state index in [1.54, 1.807) is 10.4 Å². The van der Waals surface area contributed by atoms with Gasteiger partial charge in [0, 0.05) is 52.0 Å². The van der Waals surface area contributed by atoms with Crippen molar-refractivity contribution in [2.45, 2.75) is 30.6 Å². The smallest absolute Gasteiger partial charge is 0.244 e. The Hall–Kier alpha value is -1.96. The molecule has 6 nitrogen and oxygen atoms in total. The molecule has 0 saturated carbocycles. The molecule has 0 amide bonds. The average Bonchev–Trinajstić information content (AvgIpc) is 2.79. The SMILES string of the molecule is O=S(=O)(c1ccc(N2CCN(CCc3ccccc3)CC2)nc1)N1CCCCC1. The Labute approximate surface area is 174 Å². The van der Waals surface area contributed by atoms with Crippen LogP contribution in [0.5, 0.6) is 0 Å². The molecule has 2 fully saturated rings. The Morgan fingerprint density at radius 3 is 2.21 bits per heavy atom. The Bertz CT molecular complexity index is 873. The molecule has 7 heteroatoms. The zero-order valence-electron chi connectivity index (χ0n) is 16.9. The van der Waals surface area contributed by atoms with Crippen LogP contribution in [0.2, 0.25) is 0 Å². The standard InChI is InChI=1S/C22H30N4O2S/c27-29(28,26-12-5-2-6-13-26)21-9-10-22(23-19-21)25-17-15-24(16-18-25)14-11-20-7-3-1-4-8-20/h1,3-4,7-10,19H,2,5-6,11-18H2. The van der Waals surface area contributed by atoms with Crippen molar-refractivity contribution in [3.8, 4) is 0 Å². The van der Waals surface area contributed by atoms with Crippen molar-refractivity contribution in [2.75, 3.05) is 50.7 Å². The highest BCUT2D eigenvalue weighted by molar-refractivity contribution is 7.89. The van der Waals surface area contributed by atoms with Crippen molar-refractivity contribution >= 4 is 15.8 Å². The first-order valence-corrected chi connectivity index (χ1v) is 12.0. The number of nitrogens with zero attached hydrogens (tertiary/aromatic N) is 4. The van der Waals surface area contributed by atoms with Crippen LogP contribution in [-0.2, 0) is 16.4 Å². The minimum Gasteiger partial charge on any atom is -0.354 e. The lowest BCUT2D eigenvalue weighted by molar-refractivity contribution is 0.260. The molecule has 0 bridgehead atoms. The fourth-order valence-corrected chi connectivity index (χ4v) is 5.56. The first kappa shape index (κ1) is 20.3. The summed E-state index contributed by atoms with van der Waals surface area (Å²) in [6.07, 6.45) is 5.60. The van der Waals surface area contributed by atoms with E-state index in [4.69, 9.17) is 0 Å². The summed E-state index contributed by atoms with van der Waals surface area (Å²) < 4.78 is 27.1. The van der Waals surface area contributed by atoms with Gasteiger partial charge in [0.25, 0.3) is 0 Å². The van der Waals surface area contributed by atoms with Gasteiger partial charge in [0.05, 0.1) is 0 Å². The maximum atomic E-state index is 12.8.